The van der Waals surface area contributed by atoms with Gasteiger partial charge in [0.15, 0.2) is 0 Å². The first-order valence-corrected chi connectivity index (χ1v) is 8.45. The maximum Gasteiger partial charge on any atom is 0.283 e. The standard InChI is InChI=1S/C17H25N3O4/c1-3-4-10-18-16(22)13-9-8-12(2)19(11-13)17(23)14-6-5-7-15(21)20(14)24/h5-7,12-13,24H,3-4,8-11H2,1-2H3,(H,18,22)/t12-,13+/m0/s1. The lowest BCUT2D eigenvalue weighted by atomic mass is 9.92. The van der Waals surface area contributed by atoms with Crippen LogP contribution in [0.5, 0.6) is 0 Å². The molecule has 1 fully saturated rings. The number of amides is 2. The van der Waals surface area contributed by atoms with E-state index in [0.29, 0.717) is 24.2 Å². The highest BCUT2D eigenvalue weighted by Gasteiger charge is 2.34. The molecular weight excluding hydrogens is 310 g/mol. The van der Waals surface area contributed by atoms with Crippen LogP contribution in [0.2, 0.25) is 0 Å². The van der Waals surface area contributed by atoms with Crippen LogP contribution in [0, 0.1) is 5.92 Å². The van der Waals surface area contributed by atoms with E-state index in [1.807, 2.05) is 6.92 Å². The van der Waals surface area contributed by atoms with Crippen LogP contribution in [0.1, 0.15) is 50.0 Å². The second-order valence-corrected chi connectivity index (χ2v) is 6.29. The molecule has 1 saturated heterocycles. The van der Waals surface area contributed by atoms with Gasteiger partial charge < -0.3 is 15.4 Å². The maximum absolute atomic E-state index is 12.7. The number of aromatic nitrogens is 1. The van der Waals surface area contributed by atoms with Gasteiger partial charge in [0.25, 0.3) is 11.5 Å². The van der Waals surface area contributed by atoms with Crippen molar-refractivity contribution >= 4 is 11.8 Å². The highest BCUT2D eigenvalue weighted by atomic mass is 16.5. The van der Waals surface area contributed by atoms with E-state index in [1.54, 1.807) is 4.90 Å². The number of hydrogen-bond acceptors (Lipinski definition) is 4. The SMILES string of the molecule is CCCCNC(=O)[C@@H]1CC[C@H](C)N(C(=O)c2cccc(=O)n2O)C1. The predicted molar refractivity (Wildman–Crippen MR) is 89.0 cm³/mol. The van der Waals surface area contributed by atoms with Crippen molar-refractivity contribution in [2.75, 3.05) is 13.1 Å². The normalized spacial score (nSPS) is 20.7. The van der Waals surface area contributed by atoms with Crippen LogP contribution in [-0.2, 0) is 4.79 Å². The number of hydrogen-bond donors (Lipinski definition) is 2. The van der Waals surface area contributed by atoms with Crippen LogP contribution in [-0.4, -0.2) is 45.8 Å². The van der Waals surface area contributed by atoms with Gasteiger partial charge in [0.2, 0.25) is 5.91 Å². The van der Waals surface area contributed by atoms with Crippen LogP contribution in [0.25, 0.3) is 0 Å². The van der Waals surface area contributed by atoms with Gasteiger partial charge in [-0.1, -0.05) is 19.4 Å². The lowest BCUT2D eigenvalue weighted by Gasteiger charge is -2.37. The Kier molecular flexibility index (Phi) is 6.00. The van der Waals surface area contributed by atoms with E-state index in [1.165, 1.54) is 18.2 Å². The zero-order chi connectivity index (χ0) is 17.7. The van der Waals surface area contributed by atoms with Crippen molar-refractivity contribution in [1.29, 1.82) is 0 Å². The minimum Gasteiger partial charge on any atom is -0.425 e. The predicted octanol–water partition coefficient (Wildman–Crippen LogP) is 1.24. The Morgan fingerprint density at radius 1 is 1.33 bits per heavy atom. The van der Waals surface area contributed by atoms with E-state index in [-0.39, 0.29) is 23.6 Å². The molecule has 1 aromatic heterocycles. The Balaban J connectivity index is 2.10. The quantitative estimate of drug-likeness (QED) is 0.626. The molecule has 24 heavy (non-hydrogen) atoms. The van der Waals surface area contributed by atoms with Gasteiger partial charge in [0, 0.05) is 25.2 Å². The van der Waals surface area contributed by atoms with E-state index in [2.05, 4.69) is 12.2 Å². The molecule has 1 aromatic rings. The van der Waals surface area contributed by atoms with E-state index in [4.69, 9.17) is 0 Å². The fraction of sp³-hybridized carbons (Fsp3) is 0.588. The van der Waals surface area contributed by atoms with Crippen molar-refractivity contribution in [2.45, 2.75) is 45.6 Å². The molecule has 132 valence electrons. The summed E-state index contributed by atoms with van der Waals surface area (Å²) in [5, 5.41) is 12.7. The molecule has 2 amide bonds. The number of unbranched alkanes of at least 4 members (excludes halogenated alkanes) is 1. The molecule has 1 aliphatic rings. The van der Waals surface area contributed by atoms with E-state index in [9.17, 15) is 19.6 Å². The molecule has 2 N–H and O–H groups in total. The topological polar surface area (TPSA) is 91.6 Å². The van der Waals surface area contributed by atoms with E-state index < -0.39 is 11.5 Å². The Morgan fingerprint density at radius 3 is 2.79 bits per heavy atom. The van der Waals surface area contributed by atoms with Gasteiger partial charge in [-0.25, -0.2) is 0 Å². The molecule has 0 saturated carbocycles. The van der Waals surface area contributed by atoms with E-state index in [0.717, 1.165) is 19.3 Å². The molecule has 2 heterocycles. The summed E-state index contributed by atoms with van der Waals surface area (Å²) in [6, 6.07) is 3.97. The summed E-state index contributed by atoms with van der Waals surface area (Å²) in [6.07, 6.45) is 3.37. The molecule has 0 spiro atoms. The highest BCUT2D eigenvalue weighted by Crippen LogP contribution is 2.23. The Hall–Kier alpha value is -2.31. The minimum absolute atomic E-state index is 0.0393. The van der Waals surface area contributed by atoms with Crippen LogP contribution in [0.3, 0.4) is 0 Å². The zero-order valence-electron chi connectivity index (χ0n) is 14.2. The Bertz CT molecular complexity index is 655. The first kappa shape index (κ1) is 18.0. The molecule has 7 nitrogen and oxygen atoms in total. The summed E-state index contributed by atoms with van der Waals surface area (Å²) in [7, 11) is 0. The number of nitrogens with one attached hydrogen (secondary N) is 1. The van der Waals surface area contributed by atoms with Crippen LogP contribution >= 0.6 is 0 Å². The molecule has 1 aliphatic heterocycles. The third-order valence-electron chi connectivity index (χ3n) is 4.49. The molecule has 0 bridgehead atoms. The van der Waals surface area contributed by atoms with Crippen molar-refractivity contribution in [2.24, 2.45) is 5.92 Å². The van der Waals surface area contributed by atoms with Gasteiger partial charge in [-0.3, -0.25) is 14.4 Å². The minimum atomic E-state index is -0.653. The molecule has 2 rings (SSSR count). The van der Waals surface area contributed by atoms with Crippen molar-refractivity contribution in [3.8, 4) is 0 Å². The first-order valence-electron chi connectivity index (χ1n) is 8.45. The fourth-order valence-corrected chi connectivity index (χ4v) is 2.93. The average molecular weight is 335 g/mol. The van der Waals surface area contributed by atoms with Crippen LogP contribution in [0.15, 0.2) is 23.0 Å². The Morgan fingerprint density at radius 2 is 2.08 bits per heavy atom. The van der Waals surface area contributed by atoms with Crippen LogP contribution in [0.4, 0.5) is 0 Å². The number of carbonyl (C=O) groups excluding carboxylic acids is 2. The second kappa shape index (κ2) is 7.99. The maximum atomic E-state index is 12.7. The van der Waals surface area contributed by atoms with E-state index >= 15 is 0 Å². The average Bonchev–Trinajstić information content (AvgIpc) is 2.57. The molecule has 0 aromatic carbocycles. The third kappa shape index (κ3) is 3.96. The number of piperidine rings is 1. The van der Waals surface area contributed by atoms with Gasteiger partial charge in [-0.15, -0.1) is 4.73 Å². The third-order valence-corrected chi connectivity index (χ3v) is 4.49. The number of likely N-dealkylation sites (tertiary alicyclic amines) is 1. The molecule has 7 heteroatoms. The molecule has 0 unspecified atom stereocenters. The fourth-order valence-electron chi connectivity index (χ4n) is 2.93. The lowest BCUT2D eigenvalue weighted by Crippen LogP contribution is -2.50. The Labute approximate surface area is 141 Å². The number of pyridine rings is 1. The molecule has 0 radical (unpaired) electrons. The van der Waals surface area contributed by atoms with Crippen molar-refractivity contribution in [1.82, 2.24) is 14.9 Å². The smallest absolute Gasteiger partial charge is 0.283 e. The summed E-state index contributed by atoms with van der Waals surface area (Å²) in [6.45, 7) is 4.90. The van der Waals surface area contributed by atoms with Gasteiger partial charge >= 0.3 is 0 Å². The number of rotatable bonds is 5. The summed E-state index contributed by atoms with van der Waals surface area (Å²) >= 11 is 0. The zero-order valence-corrected chi connectivity index (χ0v) is 14.2. The second-order valence-electron chi connectivity index (χ2n) is 6.29. The summed E-state index contributed by atoms with van der Waals surface area (Å²) in [4.78, 5) is 38.0. The molecule has 0 aliphatic carbocycles. The van der Waals surface area contributed by atoms with Crippen molar-refractivity contribution in [3.05, 3.63) is 34.2 Å². The summed E-state index contributed by atoms with van der Waals surface area (Å²) < 4.78 is 0.361. The monoisotopic (exact) mass is 335 g/mol. The van der Waals surface area contributed by atoms with Gasteiger partial charge in [-0.05, 0) is 32.3 Å². The molecular formula is C17H25N3O4. The lowest BCUT2D eigenvalue weighted by molar-refractivity contribution is -0.126. The number of carbonyl (C=O) groups is 2. The molecule has 2 atom stereocenters. The van der Waals surface area contributed by atoms with Crippen LogP contribution < -0.4 is 10.9 Å². The van der Waals surface area contributed by atoms with Crippen molar-refractivity contribution in [3.63, 3.8) is 0 Å². The first-order chi connectivity index (χ1) is 11.5. The summed E-state index contributed by atoms with van der Waals surface area (Å²) in [5.74, 6) is -0.735. The number of nitrogens with zero attached hydrogens (tertiary/aromatic N) is 2. The van der Waals surface area contributed by atoms with Crippen molar-refractivity contribution < 1.29 is 14.8 Å². The summed E-state index contributed by atoms with van der Waals surface area (Å²) in [5.41, 5.74) is -0.735. The largest absolute Gasteiger partial charge is 0.425 e. The van der Waals surface area contributed by atoms with Gasteiger partial charge in [0.05, 0.1) is 5.92 Å². The van der Waals surface area contributed by atoms with Gasteiger partial charge in [0.1, 0.15) is 5.69 Å². The van der Waals surface area contributed by atoms with Gasteiger partial charge in [-0.2, -0.15) is 0 Å². The highest BCUT2D eigenvalue weighted by molar-refractivity contribution is 5.93.